The van der Waals surface area contributed by atoms with E-state index in [-0.39, 0.29) is 5.01 Å². The minimum Gasteiger partial charge on any atom is -0.476 e. The molecule has 0 aliphatic heterocycles. The molecule has 0 saturated carbocycles. The summed E-state index contributed by atoms with van der Waals surface area (Å²) < 4.78 is 1.75. The van der Waals surface area contributed by atoms with E-state index in [4.69, 9.17) is 5.11 Å². The first-order valence-electron chi connectivity index (χ1n) is 5.54. The summed E-state index contributed by atoms with van der Waals surface area (Å²) in [5.74, 6) is -0.984. The summed E-state index contributed by atoms with van der Waals surface area (Å²) in [6.07, 6.45) is 2.75. The fourth-order valence-corrected chi connectivity index (χ4v) is 2.27. The highest BCUT2D eigenvalue weighted by atomic mass is 32.1. The maximum Gasteiger partial charge on any atom is 0.365 e. The molecule has 2 rings (SSSR count). The van der Waals surface area contributed by atoms with Gasteiger partial charge in [-0.3, -0.25) is 4.68 Å². The van der Waals surface area contributed by atoms with Gasteiger partial charge in [0.25, 0.3) is 0 Å². The number of carboxylic acids is 1. The highest BCUT2D eigenvalue weighted by molar-refractivity contribution is 7.11. The number of carbonyl (C=O) groups is 1. The van der Waals surface area contributed by atoms with Gasteiger partial charge in [0.15, 0.2) is 0 Å². The maximum atomic E-state index is 10.7. The zero-order chi connectivity index (χ0) is 13.1. The van der Waals surface area contributed by atoms with Crippen molar-refractivity contribution in [2.45, 2.75) is 19.9 Å². The Bertz CT molecular complexity index is 561. The molecule has 18 heavy (non-hydrogen) atoms. The lowest BCUT2D eigenvalue weighted by Crippen LogP contribution is -2.02. The van der Waals surface area contributed by atoms with E-state index in [2.05, 4.69) is 15.4 Å². The van der Waals surface area contributed by atoms with Crippen molar-refractivity contribution in [3.05, 3.63) is 28.0 Å². The number of anilines is 1. The molecule has 0 spiro atoms. The number of carboxylic acid groups (broad SMARTS) is 1. The molecule has 2 heterocycles. The van der Waals surface area contributed by atoms with Crippen LogP contribution in [0.5, 0.6) is 0 Å². The van der Waals surface area contributed by atoms with Gasteiger partial charge < -0.3 is 10.4 Å². The van der Waals surface area contributed by atoms with Crippen molar-refractivity contribution in [2.24, 2.45) is 7.05 Å². The van der Waals surface area contributed by atoms with Crippen LogP contribution in [0.15, 0.2) is 11.6 Å². The molecule has 0 atom stereocenters. The van der Waals surface area contributed by atoms with Crippen molar-refractivity contribution in [3.8, 4) is 0 Å². The van der Waals surface area contributed by atoms with Crippen molar-refractivity contribution in [2.75, 3.05) is 5.32 Å². The fraction of sp³-hybridized carbons (Fsp3) is 0.364. The SMILES string of the molecule is CCc1nn(C)cc1NCc1csc(C(=O)O)n1. The van der Waals surface area contributed by atoms with Crippen LogP contribution in [0.4, 0.5) is 5.69 Å². The van der Waals surface area contributed by atoms with Gasteiger partial charge in [-0.15, -0.1) is 11.3 Å². The predicted octanol–water partition coefficient (Wildman–Crippen LogP) is 1.75. The van der Waals surface area contributed by atoms with Crippen LogP contribution in [0.3, 0.4) is 0 Å². The standard InChI is InChI=1S/C11H14N4O2S/c1-3-8-9(5-15(2)14-8)12-4-7-6-18-10(13-7)11(16)17/h5-6,12H,3-4H2,1-2H3,(H,16,17). The van der Waals surface area contributed by atoms with E-state index in [0.717, 1.165) is 34.8 Å². The molecule has 0 aromatic carbocycles. The lowest BCUT2D eigenvalue weighted by atomic mass is 10.3. The minimum atomic E-state index is -0.984. The molecule has 6 nitrogen and oxygen atoms in total. The monoisotopic (exact) mass is 266 g/mol. The Morgan fingerprint density at radius 2 is 2.39 bits per heavy atom. The molecule has 2 N–H and O–H groups in total. The summed E-state index contributed by atoms with van der Waals surface area (Å²) in [6.45, 7) is 2.54. The van der Waals surface area contributed by atoms with E-state index in [1.54, 1.807) is 10.1 Å². The van der Waals surface area contributed by atoms with Crippen LogP contribution >= 0.6 is 11.3 Å². The van der Waals surface area contributed by atoms with Gasteiger partial charge in [-0.25, -0.2) is 9.78 Å². The third-order valence-electron chi connectivity index (χ3n) is 2.43. The van der Waals surface area contributed by atoms with Crippen molar-refractivity contribution in [1.29, 1.82) is 0 Å². The quantitative estimate of drug-likeness (QED) is 0.861. The molecule has 0 amide bonds. The molecule has 7 heteroatoms. The Labute approximate surface area is 108 Å². The highest BCUT2D eigenvalue weighted by Crippen LogP contribution is 2.16. The Morgan fingerprint density at radius 1 is 1.61 bits per heavy atom. The first-order chi connectivity index (χ1) is 8.60. The molecule has 0 aliphatic rings. The van der Waals surface area contributed by atoms with Crippen LogP contribution in [0.25, 0.3) is 0 Å². The summed E-state index contributed by atoms with van der Waals surface area (Å²) in [5.41, 5.74) is 2.68. The average molecular weight is 266 g/mol. The normalized spacial score (nSPS) is 10.6. The van der Waals surface area contributed by atoms with Crippen LogP contribution in [-0.2, 0) is 20.0 Å². The van der Waals surface area contributed by atoms with Gasteiger partial charge >= 0.3 is 5.97 Å². The lowest BCUT2D eigenvalue weighted by Gasteiger charge is -2.02. The van der Waals surface area contributed by atoms with Crippen LogP contribution in [0.1, 0.15) is 28.1 Å². The topological polar surface area (TPSA) is 80.0 Å². The second-order valence-electron chi connectivity index (χ2n) is 3.82. The Balaban J connectivity index is 2.04. The van der Waals surface area contributed by atoms with E-state index >= 15 is 0 Å². The summed E-state index contributed by atoms with van der Waals surface area (Å²) in [6, 6.07) is 0. The maximum absolute atomic E-state index is 10.7. The minimum absolute atomic E-state index is 0.119. The van der Waals surface area contributed by atoms with Gasteiger partial charge in [0, 0.05) is 18.6 Å². The average Bonchev–Trinajstić information content (AvgIpc) is 2.92. The highest BCUT2D eigenvalue weighted by Gasteiger charge is 2.10. The van der Waals surface area contributed by atoms with Gasteiger partial charge in [0.05, 0.1) is 23.6 Å². The predicted molar refractivity (Wildman–Crippen MR) is 69.0 cm³/mol. The van der Waals surface area contributed by atoms with E-state index in [9.17, 15) is 4.79 Å². The molecule has 0 bridgehead atoms. The molecule has 2 aromatic heterocycles. The number of aryl methyl sites for hydroxylation is 2. The number of aromatic nitrogens is 3. The first-order valence-corrected chi connectivity index (χ1v) is 6.42. The number of nitrogens with one attached hydrogen (secondary N) is 1. The largest absolute Gasteiger partial charge is 0.476 e. The number of hydrogen-bond acceptors (Lipinski definition) is 5. The Morgan fingerprint density at radius 3 is 3.00 bits per heavy atom. The number of hydrogen-bond donors (Lipinski definition) is 2. The van der Waals surface area contributed by atoms with Crippen LogP contribution in [-0.4, -0.2) is 25.8 Å². The van der Waals surface area contributed by atoms with E-state index in [1.807, 2.05) is 20.2 Å². The van der Waals surface area contributed by atoms with Crippen LogP contribution in [0.2, 0.25) is 0 Å². The van der Waals surface area contributed by atoms with E-state index < -0.39 is 5.97 Å². The van der Waals surface area contributed by atoms with Gasteiger partial charge in [0.1, 0.15) is 0 Å². The fourth-order valence-electron chi connectivity index (χ4n) is 1.62. The van der Waals surface area contributed by atoms with Crippen LogP contribution < -0.4 is 5.32 Å². The molecule has 2 aromatic rings. The molecule has 0 fully saturated rings. The van der Waals surface area contributed by atoms with Crippen LogP contribution in [0, 0.1) is 0 Å². The number of aromatic carboxylic acids is 1. The molecule has 0 unspecified atom stereocenters. The Hall–Kier alpha value is -1.89. The number of nitrogens with zero attached hydrogens (tertiary/aromatic N) is 3. The molecule has 0 saturated heterocycles. The number of rotatable bonds is 5. The summed E-state index contributed by atoms with van der Waals surface area (Å²) in [5, 5.41) is 18.2. The van der Waals surface area contributed by atoms with Gasteiger partial charge in [-0.1, -0.05) is 6.92 Å². The molecule has 96 valence electrons. The van der Waals surface area contributed by atoms with Crippen molar-refractivity contribution in [3.63, 3.8) is 0 Å². The molecule has 0 aliphatic carbocycles. The van der Waals surface area contributed by atoms with Crippen molar-refractivity contribution < 1.29 is 9.90 Å². The van der Waals surface area contributed by atoms with Crippen molar-refractivity contribution >= 4 is 23.0 Å². The first kappa shape index (κ1) is 12.6. The van der Waals surface area contributed by atoms with Crippen molar-refractivity contribution in [1.82, 2.24) is 14.8 Å². The second-order valence-corrected chi connectivity index (χ2v) is 4.68. The lowest BCUT2D eigenvalue weighted by molar-refractivity contribution is 0.0696. The summed E-state index contributed by atoms with van der Waals surface area (Å²) >= 11 is 1.14. The van der Waals surface area contributed by atoms with Gasteiger partial charge in [0.2, 0.25) is 5.01 Å². The number of thiazole rings is 1. The third-order valence-corrected chi connectivity index (χ3v) is 3.31. The smallest absolute Gasteiger partial charge is 0.365 e. The Kier molecular flexibility index (Phi) is 3.61. The second kappa shape index (κ2) is 5.18. The van der Waals surface area contributed by atoms with E-state index in [1.165, 1.54) is 0 Å². The molecule has 0 radical (unpaired) electrons. The van der Waals surface area contributed by atoms with Gasteiger partial charge in [-0.2, -0.15) is 5.10 Å². The third kappa shape index (κ3) is 2.67. The molecular formula is C11H14N4O2S. The summed E-state index contributed by atoms with van der Waals surface area (Å²) in [7, 11) is 1.87. The molecular weight excluding hydrogens is 252 g/mol. The zero-order valence-corrected chi connectivity index (χ0v) is 11.0. The van der Waals surface area contributed by atoms with Gasteiger partial charge in [-0.05, 0) is 6.42 Å². The van der Waals surface area contributed by atoms with E-state index in [0.29, 0.717) is 6.54 Å². The zero-order valence-electron chi connectivity index (χ0n) is 10.2. The summed E-state index contributed by atoms with van der Waals surface area (Å²) in [4.78, 5) is 14.7.